The average Bonchev–Trinajstić information content (AvgIpc) is 1.83. The van der Waals surface area contributed by atoms with E-state index in [4.69, 9.17) is 0 Å². The second-order valence-electron chi connectivity index (χ2n) is 2.07. The second-order valence-corrected chi connectivity index (χ2v) is 2.07. The molecule has 1 aliphatic rings. The lowest BCUT2D eigenvalue weighted by atomic mass is 10.2. The molecule has 1 amide bonds. The van der Waals surface area contributed by atoms with Crippen LogP contribution in [0.15, 0.2) is 24.4 Å². The third-order valence-corrected chi connectivity index (χ3v) is 1.42. The number of hydrogen-bond acceptors (Lipinski definition) is 1. The Morgan fingerprint density at radius 3 is 2.89 bits per heavy atom. The third kappa shape index (κ3) is 1.02. The standard InChI is InChI=1S/C7H9NO/c1-6-4-3-5-7(9)8(6)2/h3,5H,1,4H2,2H3. The van der Waals surface area contributed by atoms with Crippen LogP contribution in [0, 0.1) is 0 Å². The highest BCUT2D eigenvalue weighted by molar-refractivity contribution is 5.89. The van der Waals surface area contributed by atoms with Crippen molar-refractivity contribution in [3.05, 3.63) is 24.4 Å². The Balaban J connectivity index is 2.81. The van der Waals surface area contributed by atoms with Crippen LogP contribution in [0.1, 0.15) is 6.42 Å². The molecule has 0 aromatic carbocycles. The lowest BCUT2D eigenvalue weighted by Crippen LogP contribution is -2.25. The van der Waals surface area contributed by atoms with Crippen molar-refractivity contribution in [3.8, 4) is 0 Å². The summed E-state index contributed by atoms with van der Waals surface area (Å²) in [6.07, 6.45) is 4.18. The van der Waals surface area contributed by atoms with Crippen molar-refractivity contribution in [2.24, 2.45) is 0 Å². The Morgan fingerprint density at radius 1 is 1.78 bits per heavy atom. The molecule has 0 fully saturated rings. The fraction of sp³-hybridized carbons (Fsp3) is 0.286. The monoisotopic (exact) mass is 123 g/mol. The molecule has 1 heterocycles. The molecule has 0 saturated heterocycles. The van der Waals surface area contributed by atoms with Crippen molar-refractivity contribution in [1.82, 2.24) is 4.90 Å². The van der Waals surface area contributed by atoms with Crippen LogP contribution in [0.5, 0.6) is 0 Å². The smallest absolute Gasteiger partial charge is 0.250 e. The van der Waals surface area contributed by atoms with E-state index in [1.165, 1.54) is 0 Å². The zero-order valence-corrected chi connectivity index (χ0v) is 5.42. The zero-order chi connectivity index (χ0) is 6.85. The van der Waals surface area contributed by atoms with Gasteiger partial charge >= 0.3 is 0 Å². The van der Waals surface area contributed by atoms with Gasteiger partial charge < -0.3 is 4.90 Å². The predicted molar refractivity (Wildman–Crippen MR) is 35.7 cm³/mol. The van der Waals surface area contributed by atoms with Crippen LogP contribution in [0.4, 0.5) is 0 Å². The minimum absolute atomic E-state index is 0.0197. The Hall–Kier alpha value is -1.05. The summed E-state index contributed by atoms with van der Waals surface area (Å²) in [4.78, 5) is 12.3. The summed E-state index contributed by atoms with van der Waals surface area (Å²) < 4.78 is 0. The largest absolute Gasteiger partial charge is 0.316 e. The van der Waals surface area contributed by atoms with Gasteiger partial charge in [0.05, 0.1) is 0 Å². The topological polar surface area (TPSA) is 20.3 Å². The molecule has 0 aromatic heterocycles. The third-order valence-electron chi connectivity index (χ3n) is 1.42. The van der Waals surface area contributed by atoms with Crippen LogP contribution in [-0.4, -0.2) is 17.9 Å². The van der Waals surface area contributed by atoms with Gasteiger partial charge in [0.15, 0.2) is 0 Å². The zero-order valence-electron chi connectivity index (χ0n) is 5.42. The van der Waals surface area contributed by atoms with E-state index in [9.17, 15) is 4.79 Å². The number of nitrogens with zero attached hydrogens (tertiary/aromatic N) is 1. The van der Waals surface area contributed by atoms with Crippen LogP contribution in [-0.2, 0) is 4.79 Å². The molecule has 0 atom stereocenters. The first-order valence-corrected chi connectivity index (χ1v) is 2.84. The molecule has 0 aliphatic carbocycles. The maximum atomic E-state index is 10.8. The van der Waals surface area contributed by atoms with E-state index in [0.29, 0.717) is 0 Å². The summed E-state index contributed by atoms with van der Waals surface area (Å²) >= 11 is 0. The van der Waals surface area contributed by atoms with Crippen molar-refractivity contribution in [2.75, 3.05) is 7.05 Å². The first-order valence-electron chi connectivity index (χ1n) is 2.84. The summed E-state index contributed by atoms with van der Waals surface area (Å²) in [6.45, 7) is 3.70. The van der Waals surface area contributed by atoms with Crippen molar-refractivity contribution < 1.29 is 4.79 Å². The minimum Gasteiger partial charge on any atom is -0.316 e. The van der Waals surface area contributed by atoms with E-state index < -0.39 is 0 Å². The molecule has 0 unspecified atom stereocenters. The Bertz CT molecular complexity index is 181. The van der Waals surface area contributed by atoms with Crippen LogP contribution < -0.4 is 0 Å². The summed E-state index contributed by atoms with van der Waals surface area (Å²) in [5.41, 5.74) is 0.863. The number of rotatable bonds is 0. The van der Waals surface area contributed by atoms with Gasteiger partial charge in [-0.15, -0.1) is 0 Å². The number of hydrogen-bond donors (Lipinski definition) is 0. The summed E-state index contributed by atoms with van der Waals surface area (Å²) in [5, 5.41) is 0. The highest BCUT2D eigenvalue weighted by Gasteiger charge is 2.10. The van der Waals surface area contributed by atoms with Gasteiger partial charge in [-0.3, -0.25) is 4.79 Å². The quantitative estimate of drug-likeness (QED) is 0.469. The van der Waals surface area contributed by atoms with E-state index in [-0.39, 0.29) is 5.91 Å². The molecular weight excluding hydrogens is 114 g/mol. The van der Waals surface area contributed by atoms with Crippen LogP contribution in [0.3, 0.4) is 0 Å². The lowest BCUT2D eigenvalue weighted by molar-refractivity contribution is -0.123. The first kappa shape index (κ1) is 6.08. The maximum absolute atomic E-state index is 10.8. The maximum Gasteiger partial charge on any atom is 0.250 e. The second kappa shape index (κ2) is 2.05. The number of likely N-dealkylation sites (N-methyl/N-ethyl adjacent to an activating group) is 1. The number of carbonyl (C=O) groups is 1. The van der Waals surface area contributed by atoms with Crippen LogP contribution in [0.2, 0.25) is 0 Å². The summed E-state index contributed by atoms with van der Waals surface area (Å²) in [5.74, 6) is 0.0197. The predicted octanol–water partition coefficient (Wildman–Crippen LogP) is 0.918. The molecule has 2 nitrogen and oxygen atoms in total. The van der Waals surface area contributed by atoms with Gasteiger partial charge in [0.1, 0.15) is 0 Å². The van der Waals surface area contributed by atoms with E-state index in [1.54, 1.807) is 18.0 Å². The Labute approximate surface area is 54.5 Å². The molecule has 48 valence electrons. The summed E-state index contributed by atoms with van der Waals surface area (Å²) in [6, 6.07) is 0. The normalized spacial score (nSPS) is 19.0. The first-order chi connectivity index (χ1) is 4.22. The fourth-order valence-electron chi connectivity index (χ4n) is 0.700. The molecule has 9 heavy (non-hydrogen) atoms. The van der Waals surface area contributed by atoms with Crippen LogP contribution >= 0.6 is 0 Å². The van der Waals surface area contributed by atoms with Crippen molar-refractivity contribution in [3.63, 3.8) is 0 Å². The van der Waals surface area contributed by atoms with Gasteiger partial charge in [-0.1, -0.05) is 12.7 Å². The Morgan fingerprint density at radius 2 is 2.44 bits per heavy atom. The molecule has 1 rings (SSSR count). The fourth-order valence-corrected chi connectivity index (χ4v) is 0.700. The van der Waals surface area contributed by atoms with Gasteiger partial charge in [-0.05, 0) is 6.08 Å². The number of amides is 1. The van der Waals surface area contributed by atoms with Gasteiger partial charge in [-0.2, -0.15) is 0 Å². The van der Waals surface area contributed by atoms with Crippen molar-refractivity contribution >= 4 is 5.91 Å². The highest BCUT2D eigenvalue weighted by atomic mass is 16.2. The number of allylic oxidation sites excluding steroid dienone is 1. The van der Waals surface area contributed by atoms with Gasteiger partial charge in [-0.25, -0.2) is 0 Å². The lowest BCUT2D eigenvalue weighted by Gasteiger charge is -2.19. The summed E-state index contributed by atoms with van der Waals surface area (Å²) in [7, 11) is 1.73. The molecule has 0 aromatic rings. The molecule has 1 aliphatic heterocycles. The molecule has 0 spiro atoms. The van der Waals surface area contributed by atoms with Gasteiger partial charge in [0.25, 0.3) is 0 Å². The van der Waals surface area contributed by atoms with Crippen molar-refractivity contribution in [1.29, 1.82) is 0 Å². The van der Waals surface area contributed by atoms with E-state index >= 15 is 0 Å². The minimum atomic E-state index is 0.0197. The number of carbonyl (C=O) groups excluding carboxylic acids is 1. The Kier molecular flexibility index (Phi) is 1.39. The molecule has 0 radical (unpaired) electrons. The SMILES string of the molecule is C=C1CC=CC(=O)N1C. The molecule has 0 bridgehead atoms. The van der Waals surface area contributed by atoms with E-state index in [0.717, 1.165) is 12.1 Å². The molecular formula is C7H9NO. The van der Waals surface area contributed by atoms with E-state index in [1.807, 2.05) is 6.08 Å². The van der Waals surface area contributed by atoms with E-state index in [2.05, 4.69) is 6.58 Å². The van der Waals surface area contributed by atoms with Gasteiger partial charge in [0, 0.05) is 19.2 Å². The molecule has 2 heteroatoms. The highest BCUT2D eigenvalue weighted by Crippen LogP contribution is 2.10. The van der Waals surface area contributed by atoms with Crippen molar-refractivity contribution in [2.45, 2.75) is 6.42 Å². The average molecular weight is 123 g/mol. The molecule has 0 saturated carbocycles. The van der Waals surface area contributed by atoms with Gasteiger partial charge in [0.2, 0.25) is 5.91 Å². The molecule has 0 N–H and O–H groups in total. The van der Waals surface area contributed by atoms with Crippen LogP contribution in [0.25, 0.3) is 0 Å².